The Kier molecular flexibility index (Phi) is 7.32. The molecule has 2 atom stereocenters. The lowest BCUT2D eigenvalue weighted by Crippen LogP contribution is -2.41. The quantitative estimate of drug-likeness (QED) is 0.368. The molecule has 0 radical (unpaired) electrons. The van der Waals surface area contributed by atoms with Crippen LogP contribution >= 0.6 is 0 Å². The van der Waals surface area contributed by atoms with Gasteiger partial charge in [0.1, 0.15) is 5.69 Å². The maximum Gasteiger partial charge on any atom is 0.398 e. The standard InChI is InChI=1S/C34H35F3N4O2/c1-33(34(35,36)37)19-24(13-15-28(33)23-9-5-4-6-10-23)31(42)41-22-27-14-16-30(32(43)39(3)26-17-18-38(2)21-26)40(27)20-25-11-7-8-12-29(25)41/h4-16,26H,17-22H2,1-3H3. The lowest BCUT2D eigenvalue weighted by Gasteiger charge is -2.38. The van der Waals surface area contributed by atoms with E-state index in [0.29, 0.717) is 23.5 Å². The highest BCUT2D eigenvalue weighted by Crippen LogP contribution is 2.54. The molecule has 1 saturated heterocycles. The number of halogens is 3. The van der Waals surface area contributed by atoms with Crippen LogP contribution in [0.2, 0.25) is 0 Å². The monoisotopic (exact) mass is 588 g/mol. The van der Waals surface area contributed by atoms with Gasteiger partial charge >= 0.3 is 6.18 Å². The number of benzene rings is 2. The molecule has 0 bridgehead atoms. The first-order valence-corrected chi connectivity index (χ1v) is 14.6. The minimum atomic E-state index is -4.57. The zero-order valence-corrected chi connectivity index (χ0v) is 24.6. The van der Waals surface area contributed by atoms with E-state index in [-0.39, 0.29) is 29.6 Å². The van der Waals surface area contributed by atoms with Gasteiger partial charge in [-0.1, -0.05) is 60.7 Å². The number of likely N-dealkylation sites (N-methyl/N-ethyl adjacent to an activating group) is 2. The first kappa shape index (κ1) is 29.0. The topological polar surface area (TPSA) is 48.8 Å². The molecular weight excluding hydrogens is 553 g/mol. The molecule has 2 unspecified atom stereocenters. The van der Waals surface area contributed by atoms with Crippen LogP contribution in [0, 0.1) is 5.41 Å². The van der Waals surface area contributed by atoms with Gasteiger partial charge in [-0.2, -0.15) is 13.2 Å². The highest BCUT2D eigenvalue weighted by Gasteiger charge is 2.55. The molecule has 224 valence electrons. The zero-order chi connectivity index (χ0) is 30.5. The lowest BCUT2D eigenvalue weighted by molar-refractivity contribution is -0.195. The number of carbonyl (C=O) groups is 2. The number of hydrogen-bond donors (Lipinski definition) is 0. The number of carbonyl (C=O) groups excluding carboxylic acids is 2. The third-order valence-electron chi connectivity index (χ3n) is 9.28. The number of amides is 2. The average molecular weight is 589 g/mol. The summed E-state index contributed by atoms with van der Waals surface area (Å²) in [4.78, 5) is 33.4. The zero-order valence-electron chi connectivity index (χ0n) is 24.6. The summed E-state index contributed by atoms with van der Waals surface area (Å²) in [5.41, 5.74) is 1.21. The van der Waals surface area contributed by atoms with Gasteiger partial charge < -0.3 is 19.3 Å². The molecule has 1 fully saturated rings. The van der Waals surface area contributed by atoms with Crippen LogP contribution in [0.25, 0.3) is 5.57 Å². The molecule has 6 nitrogen and oxygen atoms in total. The van der Waals surface area contributed by atoms with E-state index in [4.69, 9.17) is 0 Å². The van der Waals surface area contributed by atoms with Crippen molar-refractivity contribution in [1.82, 2.24) is 14.4 Å². The van der Waals surface area contributed by atoms with Gasteiger partial charge in [-0.25, -0.2) is 0 Å². The Labute approximate surface area is 249 Å². The van der Waals surface area contributed by atoms with Gasteiger partial charge in [-0.15, -0.1) is 0 Å². The van der Waals surface area contributed by atoms with Gasteiger partial charge in [0, 0.05) is 36.6 Å². The Bertz CT molecular complexity index is 1620. The first-order valence-electron chi connectivity index (χ1n) is 14.6. The molecule has 2 amide bonds. The first-order chi connectivity index (χ1) is 20.5. The molecule has 1 aromatic heterocycles. The van der Waals surface area contributed by atoms with Gasteiger partial charge in [0.15, 0.2) is 0 Å². The smallest absolute Gasteiger partial charge is 0.336 e. The van der Waals surface area contributed by atoms with Crippen LogP contribution in [0.5, 0.6) is 0 Å². The van der Waals surface area contributed by atoms with Crippen molar-refractivity contribution in [3.63, 3.8) is 0 Å². The fourth-order valence-electron chi connectivity index (χ4n) is 6.61. The fourth-order valence-corrected chi connectivity index (χ4v) is 6.61. The van der Waals surface area contributed by atoms with Crippen molar-refractivity contribution < 1.29 is 22.8 Å². The SMILES string of the molecule is CN1CCC(N(C)C(=O)c2ccc3n2Cc2ccccc2N(C(=O)C2=CC=C(c4ccccc4)C(C)(C(F)(F)F)C2)C3)C1. The summed E-state index contributed by atoms with van der Waals surface area (Å²) in [6, 6.07) is 19.7. The number of hydrogen-bond acceptors (Lipinski definition) is 3. The predicted octanol–water partition coefficient (Wildman–Crippen LogP) is 6.14. The van der Waals surface area contributed by atoms with Crippen LogP contribution < -0.4 is 4.90 Å². The van der Waals surface area contributed by atoms with Crippen LogP contribution in [0.15, 0.2) is 84.5 Å². The number of allylic oxidation sites excluding steroid dienone is 3. The highest BCUT2D eigenvalue weighted by atomic mass is 19.4. The van der Waals surface area contributed by atoms with Crippen molar-refractivity contribution >= 4 is 23.1 Å². The summed E-state index contributed by atoms with van der Waals surface area (Å²) in [7, 11) is 3.87. The van der Waals surface area contributed by atoms with E-state index in [1.54, 1.807) is 46.2 Å². The minimum absolute atomic E-state index is 0.0849. The van der Waals surface area contributed by atoms with Crippen LogP contribution in [-0.4, -0.2) is 65.6 Å². The normalized spacial score (nSPS) is 22.3. The molecule has 3 aliphatic rings. The molecular formula is C34H35F3N4O2. The minimum Gasteiger partial charge on any atom is -0.336 e. The third kappa shape index (κ3) is 5.09. The molecule has 2 aromatic carbocycles. The molecule has 0 spiro atoms. The second-order valence-electron chi connectivity index (χ2n) is 12.1. The van der Waals surface area contributed by atoms with E-state index < -0.39 is 23.9 Å². The average Bonchev–Trinajstić information content (AvgIpc) is 3.56. The van der Waals surface area contributed by atoms with E-state index in [1.165, 1.54) is 19.1 Å². The molecule has 9 heteroatoms. The molecule has 43 heavy (non-hydrogen) atoms. The van der Waals surface area contributed by atoms with Crippen LogP contribution in [0.4, 0.5) is 18.9 Å². The highest BCUT2D eigenvalue weighted by molar-refractivity contribution is 6.07. The Morgan fingerprint density at radius 1 is 0.953 bits per heavy atom. The Balaban J connectivity index is 1.35. The summed E-state index contributed by atoms with van der Waals surface area (Å²) in [6.07, 6.45) is -1.16. The van der Waals surface area contributed by atoms with E-state index in [1.807, 2.05) is 49.0 Å². The summed E-state index contributed by atoms with van der Waals surface area (Å²) in [5.74, 6) is -0.557. The van der Waals surface area contributed by atoms with E-state index in [9.17, 15) is 22.8 Å². The lowest BCUT2D eigenvalue weighted by atomic mass is 9.70. The van der Waals surface area contributed by atoms with Crippen molar-refractivity contribution in [2.45, 2.75) is 45.1 Å². The largest absolute Gasteiger partial charge is 0.398 e. The molecule has 1 aliphatic carbocycles. The summed E-state index contributed by atoms with van der Waals surface area (Å²) >= 11 is 0. The number of rotatable bonds is 4. The van der Waals surface area contributed by atoms with E-state index in [2.05, 4.69) is 4.90 Å². The Morgan fingerprint density at radius 2 is 1.67 bits per heavy atom. The maximum atomic E-state index is 14.7. The van der Waals surface area contributed by atoms with Crippen molar-refractivity contribution in [3.8, 4) is 0 Å². The third-order valence-corrected chi connectivity index (χ3v) is 9.28. The summed E-state index contributed by atoms with van der Waals surface area (Å²) in [6.45, 7) is 3.43. The molecule has 3 aromatic rings. The van der Waals surface area contributed by atoms with Gasteiger partial charge in [0.25, 0.3) is 11.8 Å². The van der Waals surface area contributed by atoms with E-state index >= 15 is 0 Å². The number of likely N-dealkylation sites (tertiary alicyclic amines) is 1. The Hall–Kier alpha value is -4.11. The van der Waals surface area contributed by atoms with Crippen molar-refractivity contribution in [2.75, 3.05) is 32.1 Å². The van der Waals surface area contributed by atoms with Gasteiger partial charge in [-0.05, 0) is 68.3 Å². The molecule has 6 rings (SSSR count). The number of nitrogens with zero attached hydrogens (tertiary/aromatic N) is 4. The fraction of sp³-hybridized carbons (Fsp3) is 0.353. The Morgan fingerprint density at radius 3 is 2.37 bits per heavy atom. The predicted molar refractivity (Wildman–Crippen MR) is 160 cm³/mol. The van der Waals surface area contributed by atoms with Gasteiger partial charge in [0.2, 0.25) is 0 Å². The van der Waals surface area contributed by atoms with Crippen molar-refractivity contribution in [3.05, 3.63) is 107 Å². The summed E-state index contributed by atoms with van der Waals surface area (Å²) in [5, 5.41) is 0. The van der Waals surface area contributed by atoms with Gasteiger partial charge in [0.05, 0.1) is 18.5 Å². The van der Waals surface area contributed by atoms with Crippen LogP contribution in [0.1, 0.15) is 47.1 Å². The number of alkyl halides is 3. The molecule has 0 saturated carbocycles. The maximum absolute atomic E-state index is 14.7. The molecule has 0 N–H and O–H groups in total. The number of para-hydroxylation sites is 1. The van der Waals surface area contributed by atoms with Crippen LogP contribution in [0.3, 0.4) is 0 Å². The second-order valence-corrected chi connectivity index (χ2v) is 12.1. The number of aromatic nitrogens is 1. The van der Waals surface area contributed by atoms with Crippen LogP contribution in [-0.2, 0) is 17.9 Å². The second kappa shape index (κ2) is 10.9. The molecule has 2 aliphatic heterocycles. The van der Waals surface area contributed by atoms with Gasteiger partial charge in [-0.3, -0.25) is 9.59 Å². The number of anilines is 1. The summed E-state index contributed by atoms with van der Waals surface area (Å²) < 4.78 is 46.0. The number of fused-ring (bicyclic) bond motifs is 2. The molecule has 3 heterocycles. The van der Waals surface area contributed by atoms with Crippen molar-refractivity contribution in [1.29, 1.82) is 0 Å². The van der Waals surface area contributed by atoms with E-state index in [0.717, 1.165) is 30.8 Å². The van der Waals surface area contributed by atoms with Crippen molar-refractivity contribution in [2.24, 2.45) is 5.41 Å².